The van der Waals surface area contributed by atoms with Crippen molar-refractivity contribution in [2.24, 2.45) is 67.9 Å². The van der Waals surface area contributed by atoms with Crippen molar-refractivity contribution in [1.82, 2.24) is 52.4 Å². The smallest absolute Gasteiger partial charge is 0.245 e. The van der Waals surface area contributed by atoms with Gasteiger partial charge in [0.05, 0.1) is 12.5 Å². The number of nitrogens with two attached hydrogens (primary N) is 7. The molecule has 12 amide bonds. The average molecular weight is 1410 g/mol. The number of hydrogen-bond donors (Lipinski definition) is 19. The van der Waals surface area contributed by atoms with Crippen LogP contribution in [-0.2, 0) is 76.8 Å². The van der Waals surface area contributed by atoms with Crippen LogP contribution >= 0.6 is 0 Å². The molecule has 0 aliphatic carbocycles. The number of aliphatic imine (C=N–C) groups is 2. The molecule has 26 N–H and O–H groups in total. The number of guanidine groups is 2. The topological polar surface area (TPSA) is 588 Å². The Labute approximate surface area is 584 Å². The average Bonchev–Trinajstić information content (AvgIpc) is 1.78. The Morgan fingerprint density at radius 1 is 0.495 bits per heavy atom. The number of primary amides is 3. The highest BCUT2D eigenvalue weighted by Crippen LogP contribution is 2.22. The molecule has 0 saturated carbocycles. The van der Waals surface area contributed by atoms with Crippen molar-refractivity contribution in [3.05, 3.63) is 95.7 Å². The number of likely N-dealkylation sites (N-methyl/N-ethyl adjacent to an activating group) is 1. The van der Waals surface area contributed by atoms with Crippen LogP contribution in [0.1, 0.15) is 110 Å². The van der Waals surface area contributed by atoms with Gasteiger partial charge in [-0.3, -0.25) is 67.5 Å². The molecule has 1 unspecified atom stereocenters. The summed E-state index contributed by atoms with van der Waals surface area (Å²) in [5.74, 6) is -13.6. The molecule has 4 aromatic rings. The Morgan fingerprint density at radius 3 is 1.52 bits per heavy atom. The number of fused-ring (bicyclic) bond motifs is 1. The first-order valence-electron chi connectivity index (χ1n) is 33.0. The fourth-order valence-electron chi connectivity index (χ4n) is 10.8. The van der Waals surface area contributed by atoms with Crippen LogP contribution in [0.5, 0.6) is 11.5 Å². The summed E-state index contributed by atoms with van der Waals surface area (Å²) < 4.78 is 0. The Morgan fingerprint density at radius 2 is 0.980 bits per heavy atom. The zero-order valence-corrected chi connectivity index (χ0v) is 57.8. The highest BCUT2D eigenvalue weighted by atomic mass is 16.3. The lowest BCUT2D eigenvalue weighted by Gasteiger charge is -2.32. The number of carbonyl (C=O) groups excluding carboxylic acids is 12. The van der Waals surface area contributed by atoms with E-state index in [9.17, 15) is 72.9 Å². The van der Waals surface area contributed by atoms with E-state index in [1.807, 2.05) is 0 Å². The van der Waals surface area contributed by atoms with E-state index in [4.69, 9.17) is 40.1 Å². The van der Waals surface area contributed by atoms with Gasteiger partial charge in [0.2, 0.25) is 70.9 Å². The molecule has 34 heteroatoms. The maximum atomic E-state index is 14.8. The molecule has 101 heavy (non-hydrogen) atoms. The molecular formula is C67H99N19O15. The van der Waals surface area contributed by atoms with E-state index in [2.05, 4.69) is 57.5 Å². The lowest BCUT2D eigenvalue weighted by molar-refractivity contribution is -0.143. The van der Waals surface area contributed by atoms with E-state index in [1.165, 1.54) is 57.3 Å². The summed E-state index contributed by atoms with van der Waals surface area (Å²) in [4.78, 5) is 179. The number of carbonyl (C=O) groups is 12. The summed E-state index contributed by atoms with van der Waals surface area (Å²) >= 11 is 0. The number of aromatic amines is 1. The van der Waals surface area contributed by atoms with Gasteiger partial charge in [-0.05, 0) is 111 Å². The molecule has 0 radical (unpaired) electrons. The molecule has 1 heterocycles. The van der Waals surface area contributed by atoms with Gasteiger partial charge in [-0.1, -0.05) is 77.1 Å². The van der Waals surface area contributed by atoms with Gasteiger partial charge in [-0.2, -0.15) is 0 Å². The second kappa shape index (κ2) is 40.1. The predicted octanol–water partition coefficient (Wildman–Crippen LogP) is -3.24. The van der Waals surface area contributed by atoms with Crippen LogP contribution in [0.3, 0.4) is 0 Å². The van der Waals surface area contributed by atoms with Crippen LogP contribution in [0.15, 0.2) is 89.0 Å². The molecule has 0 aliphatic heterocycles. The van der Waals surface area contributed by atoms with Crippen molar-refractivity contribution < 1.29 is 72.9 Å². The number of aliphatic hydroxyl groups excluding tert-OH is 1. The summed E-state index contributed by atoms with van der Waals surface area (Å²) in [7, 11) is 1.22. The maximum absolute atomic E-state index is 14.8. The summed E-state index contributed by atoms with van der Waals surface area (Å²) in [6.07, 6.45) is -2.24. The van der Waals surface area contributed by atoms with Crippen molar-refractivity contribution in [1.29, 1.82) is 0 Å². The SMILES string of the molecule is CC(C)C[C@H](NC(=O)C(C)Cc1ccc(O)cc1)C(=O)N[C@@H](CC(N)=O)C(=O)N[C@@H](Cc1c[nH]c2ccccc12)C(=O)N[C@H](C(=O)N[C@H](C(=O)N[C@@H](CCCN=C(N)N)C(=O)N[C@@H](CCC(N)=O)C(=O)N(C)[C@@H](CCCN=C(N)N)C(=O)N[C@@H](Cc1ccc(O)cc1)C(N)=O)[C@@H](C)O)C(C)C. The third kappa shape index (κ3) is 27.6. The van der Waals surface area contributed by atoms with Crippen molar-refractivity contribution in [3.8, 4) is 11.5 Å². The van der Waals surface area contributed by atoms with Gasteiger partial charge in [0, 0.05) is 62.4 Å². The molecule has 552 valence electrons. The molecule has 1 aromatic heterocycles. The van der Waals surface area contributed by atoms with E-state index in [-0.39, 0.29) is 93.8 Å². The molecule has 0 fully saturated rings. The van der Waals surface area contributed by atoms with Gasteiger partial charge in [0.15, 0.2) is 11.9 Å². The number of hydrogen-bond acceptors (Lipinski definition) is 17. The molecule has 0 bridgehead atoms. The minimum atomic E-state index is -1.89. The zero-order chi connectivity index (χ0) is 75.4. The van der Waals surface area contributed by atoms with Crippen LogP contribution in [0.4, 0.5) is 0 Å². The first-order chi connectivity index (χ1) is 47.5. The molecule has 34 nitrogen and oxygen atoms in total. The third-order valence-electron chi connectivity index (χ3n) is 16.3. The van der Waals surface area contributed by atoms with Gasteiger partial charge in [-0.15, -0.1) is 0 Å². The largest absolute Gasteiger partial charge is 0.508 e. The summed E-state index contributed by atoms with van der Waals surface area (Å²) in [5, 5.41) is 52.0. The molecule has 0 aliphatic rings. The van der Waals surface area contributed by atoms with Crippen LogP contribution in [0, 0.1) is 17.8 Å². The van der Waals surface area contributed by atoms with Crippen molar-refractivity contribution in [2.75, 3.05) is 20.1 Å². The molecule has 4 rings (SSSR count). The Hall–Kier alpha value is -11.1. The fraction of sp³-hybridized carbons (Fsp3) is 0.493. The van der Waals surface area contributed by atoms with Crippen LogP contribution in [-0.4, -0.2) is 189 Å². The van der Waals surface area contributed by atoms with Gasteiger partial charge in [0.25, 0.3) is 0 Å². The summed E-state index contributed by atoms with van der Waals surface area (Å²) in [6, 6.07) is 4.99. The number of phenolic OH excluding ortho intramolecular Hbond substituents is 2. The van der Waals surface area contributed by atoms with Gasteiger partial charge in [-0.25, -0.2) is 0 Å². The zero-order valence-electron chi connectivity index (χ0n) is 57.8. The minimum absolute atomic E-state index is 0.0148. The predicted molar refractivity (Wildman–Crippen MR) is 374 cm³/mol. The summed E-state index contributed by atoms with van der Waals surface area (Å²) in [5.41, 5.74) is 41.4. The number of phenols is 2. The molecular weight excluding hydrogens is 1310 g/mol. The second-order valence-electron chi connectivity index (χ2n) is 25.6. The normalized spacial score (nSPS) is 14.4. The molecule has 11 atom stereocenters. The maximum Gasteiger partial charge on any atom is 0.245 e. The number of para-hydroxylation sites is 1. The number of nitrogens with zero attached hydrogens (tertiary/aromatic N) is 3. The Balaban J connectivity index is 1.64. The number of rotatable bonds is 42. The number of benzene rings is 3. The number of aliphatic hydroxyl groups is 1. The molecule has 0 saturated heterocycles. The molecule has 0 spiro atoms. The minimum Gasteiger partial charge on any atom is -0.508 e. The number of aromatic nitrogens is 1. The van der Waals surface area contributed by atoms with Crippen molar-refractivity contribution in [3.63, 3.8) is 0 Å². The van der Waals surface area contributed by atoms with Gasteiger partial charge < -0.3 is 108 Å². The highest BCUT2D eigenvalue weighted by Gasteiger charge is 2.39. The van der Waals surface area contributed by atoms with Crippen LogP contribution in [0.2, 0.25) is 0 Å². The van der Waals surface area contributed by atoms with E-state index < -0.39 is 162 Å². The monoisotopic (exact) mass is 1410 g/mol. The Kier molecular flexibility index (Phi) is 32.7. The van der Waals surface area contributed by atoms with Crippen LogP contribution in [0.25, 0.3) is 10.9 Å². The second-order valence-corrected chi connectivity index (χ2v) is 25.6. The van der Waals surface area contributed by atoms with E-state index in [0.29, 0.717) is 22.0 Å². The highest BCUT2D eigenvalue weighted by molar-refractivity contribution is 6.00. The fourth-order valence-corrected chi connectivity index (χ4v) is 10.8. The van der Waals surface area contributed by atoms with Gasteiger partial charge in [0.1, 0.15) is 65.9 Å². The van der Waals surface area contributed by atoms with Crippen molar-refractivity contribution >= 4 is 93.7 Å². The number of amides is 12. The number of nitrogens with one attached hydrogen (secondary N) is 9. The first-order valence-corrected chi connectivity index (χ1v) is 33.0. The van der Waals surface area contributed by atoms with E-state index in [0.717, 1.165) is 17.4 Å². The molecule has 3 aromatic carbocycles. The van der Waals surface area contributed by atoms with Crippen LogP contribution < -0.4 is 82.7 Å². The number of H-pyrrole nitrogens is 1. The van der Waals surface area contributed by atoms with E-state index in [1.54, 1.807) is 63.4 Å². The van der Waals surface area contributed by atoms with Gasteiger partial charge >= 0.3 is 0 Å². The quantitative estimate of drug-likeness (QED) is 0.0118. The first kappa shape index (κ1) is 82.4. The lowest BCUT2D eigenvalue weighted by Crippen LogP contribution is -2.63. The van der Waals surface area contributed by atoms with Crippen molar-refractivity contribution in [2.45, 2.75) is 173 Å². The third-order valence-corrected chi connectivity index (χ3v) is 16.3. The summed E-state index contributed by atoms with van der Waals surface area (Å²) in [6.45, 7) is 9.36. The number of aromatic hydroxyl groups is 2. The lowest BCUT2D eigenvalue weighted by atomic mass is 9.98. The Bertz CT molecular complexity index is 3570. The van der Waals surface area contributed by atoms with E-state index >= 15 is 0 Å². The standard InChI is InChI=1S/C67H99N19O15/c1-34(2)28-48(81-57(93)36(5)29-38-16-20-41(88)21-17-38)59(95)83-50(32-53(69)91)60(96)82-49(31-40-33-77-44-13-9-8-12-43(40)44)61(97)84-54(35(3)4)63(99)85-55(37(6)87)64(100)78-45(14-10-26-75-66(71)72)58(94)79-46(24-25-52(68)90)65(101)86(7)51(15-11-27-76-67(73)74)62(98)80-47(56(70)92)30-39-18-22-42(89)23-19-39/h8-9,12-13,16-23,33-37,45-51,54-55,77,87-89H,10-11,14-15,24-32H2,1-7H3,(H2,68,90)(H2,69,91)(H2,70,92)(H,78,100)(H,79,94)(H,80,98)(H,81,93)(H,82,96)(H,83,95)(H,84,97)(H,85,99)(H4,71,72,75)(H4,73,74,76)/t36?,37-,45+,46+,47+,48+,49+,50+,51+,54+,55+/m1/s1.